The van der Waals surface area contributed by atoms with Gasteiger partial charge < -0.3 is 10.2 Å². The summed E-state index contributed by atoms with van der Waals surface area (Å²) in [5.41, 5.74) is 1.78. The fourth-order valence-electron chi connectivity index (χ4n) is 3.50. The molecule has 0 radical (unpaired) electrons. The number of hydrogen-bond donors (Lipinski definition) is 1. The molecule has 1 amide bonds. The quantitative estimate of drug-likeness (QED) is 0.513. The van der Waals surface area contributed by atoms with Crippen LogP contribution in [0.15, 0.2) is 53.7 Å². The van der Waals surface area contributed by atoms with Gasteiger partial charge in [0.05, 0.1) is 16.5 Å². The van der Waals surface area contributed by atoms with Crippen molar-refractivity contribution in [2.24, 2.45) is 0 Å². The van der Waals surface area contributed by atoms with Crippen molar-refractivity contribution in [3.63, 3.8) is 0 Å². The minimum absolute atomic E-state index is 0.0939. The fourth-order valence-corrected chi connectivity index (χ4v) is 4.49. The molecular formula is C22H23ClFN5OS. The number of aromatic nitrogens is 3. The molecule has 1 N–H and O–H groups in total. The molecule has 1 aliphatic heterocycles. The van der Waals surface area contributed by atoms with E-state index in [1.54, 1.807) is 12.1 Å². The van der Waals surface area contributed by atoms with Crippen LogP contribution in [0.1, 0.15) is 18.4 Å². The van der Waals surface area contributed by atoms with Crippen molar-refractivity contribution in [3.8, 4) is 5.69 Å². The van der Waals surface area contributed by atoms with Crippen LogP contribution in [0.25, 0.3) is 5.69 Å². The van der Waals surface area contributed by atoms with Crippen LogP contribution >= 0.6 is 23.4 Å². The average Bonchev–Trinajstić information content (AvgIpc) is 3.44. The molecule has 1 aliphatic rings. The van der Waals surface area contributed by atoms with Gasteiger partial charge in [-0.2, -0.15) is 0 Å². The first-order valence-electron chi connectivity index (χ1n) is 10.2. The molecule has 1 saturated heterocycles. The molecule has 2 heterocycles. The number of nitrogens with one attached hydrogen (secondary N) is 1. The Hall–Kier alpha value is -2.58. The molecule has 0 aliphatic carbocycles. The van der Waals surface area contributed by atoms with E-state index in [0.29, 0.717) is 23.1 Å². The maximum absolute atomic E-state index is 13.0. The molecule has 1 fully saturated rings. The molecular weight excluding hydrogens is 437 g/mol. The number of anilines is 1. The summed E-state index contributed by atoms with van der Waals surface area (Å²) < 4.78 is 14.9. The van der Waals surface area contributed by atoms with Gasteiger partial charge in [-0.1, -0.05) is 47.6 Å². The third-order valence-electron chi connectivity index (χ3n) is 5.08. The van der Waals surface area contributed by atoms with Crippen molar-refractivity contribution < 1.29 is 9.18 Å². The third-order valence-corrected chi connectivity index (χ3v) is 6.33. The molecule has 1 aromatic heterocycles. The van der Waals surface area contributed by atoms with E-state index in [1.165, 1.54) is 23.9 Å². The molecule has 9 heteroatoms. The normalized spacial score (nSPS) is 13.5. The van der Waals surface area contributed by atoms with Crippen LogP contribution in [0, 0.1) is 5.82 Å². The lowest BCUT2D eigenvalue weighted by Gasteiger charge is -2.19. The van der Waals surface area contributed by atoms with Crippen LogP contribution in [0.5, 0.6) is 0 Å². The van der Waals surface area contributed by atoms with Gasteiger partial charge in [-0.25, -0.2) is 4.39 Å². The van der Waals surface area contributed by atoms with Gasteiger partial charge in [0, 0.05) is 19.6 Å². The van der Waals surface area contributed by atoms with Gasteiger partial charge >= 0.3 is 0 Å². The number of rotatable bonds is 8. The first-order valence-corrected chi connectivity index (χ1v) is 11.6. The summed E-state index contributed by atoms with van der Waals surface area (Å²) >= 11 is 7.79. The lowest BCUT2D eigenvalue weighted by molar-refractivity contribution is -0.118. The monoisotopic (exact) mass is 459 g/mol. The molecule has 162 valence electrons. The van der Waals surface area contributed by atoms with E-state index in [4.69, 9.17) is 11.6 Å². The highest BCUT2D eigenvalue weighted by Gasteiger charge is 2.23. The third kappa shape index (κ3) is 5.37. The van der Waals surface area contributed by atoms with Crippen molar-refractivity contribution in [2.45, 2.75) is 24.4 Å². The van der Waals surface area contributed by atoms with Gasteiger partial charge in [-0.3, -0.25) is 9.36 Å². The fraction of sp³-hybridized carbons (Fsp3) is 0.318. The number of carbonyl (C=O) groups is 1. The molecule has 4 rings (SSSR count). The van der Waals surface area contributed by atoms with Gasteiger partial charge in [0.2, 0.25) is 11.9 Å². The van der Waals surface area contributed by atoms with Crippen LogP contribution in [-0.4, -0.2) is 46.1 Å². The molecule has 3 aromatic rings. The topological polar surface area (TPSA) is 63.1 Å². The zero-order valence-electron chi connectivity index (χ0n) is 16.9. The van der Waals surface area contributed by atoms with E-state index < -0.39 is 0 Å². The lowest BCUT2D eigenvalue weighted by atomic mass is 10.1. The molecule has 2 aromatic carbocycles. The number of thioether (sulfide) groups is 1. The number of benzene rings is 2. The summed E-state index contributed by atoms with van der Waals surface area (Å²) in [6, 6.07) is 13.9. The molecule has 0 atom stereocenters. The number of halogens is 2. The smallest absolute Gasteiger partial charge is 0.232 e. The van der Waals surface area contributed by atoms with Gasteiger partial charge in [-0.15, -0.1) is 10.2 Å². The Balaban J connectivity index is 1.41. The maximum Gasteiger partial charge on any atom is 0.232 e. The zero-order chi connectivity index (χ0) is 21.6. The highest BCUT2D eigenvalue weighted by Crippen LogP contribution is 2.31. The number of carbonyl (C=O) groups excluding carboxylic acids is 1. The second kappa shape index (κ2) is 10.2. The average molecular weight is 460 g/mol. The van der Waals surface area contributed by atoms with Gasteiger partial charge in [0.1, 0.15) is 5.82 Å². The summed E-state index contributed by atoms with van der Waals surface area (Å²) in [6.45, 7) is 2.34. The predicted molar refractivity (Wildman–Crippen MR) is 122 cm³/mol. The molecule has 0 spiro atoms. The SMILES string of the molecule is O=C(CSc1nnc(N2CCCC2)n1-c1ccccc1Cl)NCCc1ccc(F)cc1. The van der Waals surface area contributed by atoms with Crippen molar-refractivity contribution in [2.75, 3.05) is 30.3 Å². The number of nitrogens with zero attached hydrogens (tertiary/aromatic N) is 4. The summed E-state index contributed by atoms with van der Waals surface area (Å²) in [7, 11) is 0. The molecule has 6 nitrogen and oxygen atoms in total. The van der Waals surface area contributed by atoms with Crippen LogP contribution in [0.4, 0.5) is 10.3 Å². The minimum Gasteiger partial charge on any atom is -0.355 e. The Morgan fingerprint density at radius 1 is 1.10 bits per heavy atom. The van der Waals surface area contributed by atoms with E-state index in [-0.39, 0.29) is 17.5 Å². The molecule has 31 heavy (non-hydrogen) atoms. The van der Waals surface area contributed by atoms with E-state index in [2.05, 4.69) is 20.4 Å². The van der Waals surface area contributed by atoms with Crippen molar-refractivity contribution in [3.05, 3.63) is 64.9 Å². The van der Waals surface area contributed by atoms with Crippen LogP contribution in [0.2, 0.25) is 5.02 Å². The maximum atomic E-state index is 13.0. The summed E-state index contributed by atoms with van der Waals surface area (Å²) in [5, 5.41) is 12.9. The largest absolute Gasteiger partial charge is 0.355 e. The number of hydrogen-bond acceptors (Lipinski definition) is 5. The Labute approximate surface area is 189 Å². The van der Waals surface area contributed by atoms with E-state index in [9.17, 15) is 9.18 Å². The Kier molecular flexibility index (Phi) is 7.09. The first kappa shape index (κ1) is 21.6. The lowest BCUT2D eigenvalue weighted by Crippen LogP contribution is -2.27. The Morgan fingerprint density at radius 3 is 2.58 bits per heavy atom. The standard InChI is InChI=1S/C22H23ClFN5OS/c23-18-5-1-2-6-19(18)29-21(28-13-3-4-14-28)26-27-22(29)31-15-20(30)25-12-11-16-7-9-17(24)10-8-16/h1-2,5-10H,3-4,11-15H2,(H,25,30). The number of amides is 1. The van der Waals surface area contributed by atoms with Crippen LogP contribution in [0.3, 0.4) is 0 Å². The van der Waals surface area contributed by atoms with E-state index >= 15 is 0 Å². The molecule has 0 unspecified atom stereocenters. The van der Waals surface area contributed by atoms with E-state index in [1.807, 2.05) is 28.8 Å². The van der Waals surface area contributed by atoms with E-state index in [0.717, 1.165) is 43.1 Å². The van der Waals surface area contributed by atoms with Gasteiger partial charge in [0.25, 0.3) is 0 Å². The Bertz CT molecular complexity index is 1040. The summed E-state index contributed by atoms with van der Waals surface area (Å²) in [5.74, 6) is 0.611. The van der Waals surface area contributed by atoms with Gasteiger partial charge in [-0.05, 0) is 49.1 Å². The number of para-hydroxylation sites is 1. The van der Waals surface area contributed by atoms with Gasteiger partial charge in [0.15, 0.2) is 5.16 Å². The van der Waals surface area contributed by atoms with Crippen molar-refractivity contribution in [1.29, 1.82) is 0 Å². The second-order valence-electron chi connectivity index (χ2n) is 7.28. The molecule has 0 saturated carbocycles. The highest BCUT2D eigenvalue weighted by molar-refractivity contribution is 7.99. The first-order chi connectivity index (χ1) is 15.1. The van der Waals surface area contributed by atoms with Crippen molar-refractivity contribution >= 4 is 35.2 Å². The summed E-state index contributed by atoms with van der Waals surface area (Å²) in [4.78, 5) is 14.6. The van der Waals surface area contributed by atoms with Crippen LogP contribution < -0.4 is 10.2 Å². The second-order valence-corrected chi connectivity index (χ2v) is 8.63. The summed E-state index contributed by atoms with van der Waals surface area (Å²) in [6.07, 6.45) is 2.88. The van der Waals surface area contributed by atoms with Crippen LogP contribution in [-0.2, 0) is 11.2 Å². The molecule has 0 bridgehead atoms. The Morgan fingerprint density at radius 2 is 1.84 bits per heavy atom. The highest BCUT2D eigenvalue weighted by atomic mass is 35.5. The predicted octanol–water partition coefficient (Wildman–Crippen LogP) is 4.11. The minimum atomic E-state index is -0.264. The van der Waals surface area contributed by atoms with Crippen molar-refractivity contribution in [1.82, 2.24) is 20.1 Å². The zero-order valence-corrected chi connectivity index (χ0v) is 18.5.